The van der Waals surface area contributed by atoms with Gasteiger partial charge in [-0.15, -0.1) is 11.8 Å². The molecule has 1 fully saturated rings. The fourth-order valence-corrected chi connectivity index (χ4v) is 4.02. The van der Waals surface area contributed by atoms with Crippen molar-refractivity contribution >= 4 is 17.7 Å². The number of amides is 1. The zero-order valence-electron chi connectivity index (χ0n) is 16.2. The molecule has 0 saturated carbocycles. The van der Waals surface area contributed by atoms with Gasteiger partial charge in [-0.1, -0.05) is 42.5 Å². The van der Waals surface area contributed by atoms with Crippen LogP contribution in [0.15, 0.2) is 59.5 Å². The van der Waals surface area contributed by atoms with Crippen LogP contribution in [0.2, 0.25) is 0 Å². The Kier molecular flexibility index (Phi) is 7.33. The minimum Gasteiger partial charge on any atom is -0.355 e. The molecule has 0 aromatic heterocycles. The second kappa shape index (κ2) is 9.93. The van der Waals surface area contributed by atoms with E-state index in [-0.39, 0.29) is 11.9 Å². The normalized spacial score (nSPS) is 19.9. The van der Waals surface area contributed by atoms with Crippen molar-refractivity contribution in [2.24, 2.45) is 0 Å². The molecule has 3 rings (SSSR count). The summed E-state index contributed by atoms with van der Waals surface area (Å²) in [6.45, 7) is 5.18. The summed E-state index contributed by atoms with van der Waals surface area (Å²) in [7, 11) is 0. The van der Waals surface area contributed by atoms with Gasteiger partial charge >= 0.3 is 0 Å². The van der Waals surface area contributed by atoms with Gasteiger partial charge in [-0.3, -0.25) is 9.69 Å². The minimum absolute atomic E-state index is 0.0680. The number of likely N-dealkylation sites (N-methyl/N-ethyl adjacent to an activating group) is 1. The van der Waals surface area contributed by atoms with Gasteiger partial charge in [0.05, 0.1) is 6.04 Å². The molecule has 0 unspecified atom stereocenters. The number of thioether (sulfide) groups is 1. The molecule has 1 amide bonds. The molecule has 2 atom stereocenters. The number of hydrogen-bond acceptors (Lipinski definition) is 4. The lowest BCUT2D eigenvalue weighted by Gasteiger charge is -2.23. The Bertz CT molecular complexity index is 720. The Balaban J connectivity index is 1.61. The first kappa shape index (κ1) is 19.9. The number of benzene rings is 2. The van der Waals surface area contributed by atoms with Crippen molar-refractivity contribution in [3.8, 4) is 0 Å². The summed E-state index contributed by atoms with van der Waals surface area (Å²) in [6.07, 6.45) is 2.94. The summed E-state index contributed by atoms with van der Waals surface area (Å²) in [4.78, 5) is 16.1. The van der Waals surface area contributed by atoms with E-state index in [4.69, 9.17) is 0 Å². The molecule has 0 radical (unpaired) electrons. The number of hydrogen-bond donors (Lipinski definition) is 2. The summed E-state index contributed by atoms with van der Waals surface area (Å²) in [5.41, 5.74) is 2.53. The van der Waals surface area contributed by atoms with Gasteiger partial charge in [-0.05, 0) is 42.9 Å². The van der Waals surface area contributed by atoms with Gasteiger partial charge in [0.2, 0.25) is 5.91 Å². The lowest BCUT2D eigenvalue weighted by atomic mass is 10.1. The predicted molar refractivity (Wildman–Crippen MR) is 113 cm³/mol. The zero-order chi connectivity index (χ0) is 19.1. The summed E-state index contributed by atoms with van der Waals surface area (Å²) in [5.74, 6) is 0.141. The molecule has 2 N–H and O–H groups in total. The van der Waals surface area contributed by atoms with Crippen molar-refractivity contribution in [1.29, 1.82) is 0 Å². The molecule has 4 nitrogen and oxygen atoms in total. The van der Waals surface area contributed by atoms with E-state index >= 15 is 0 Å². The van der Waals surface area contributed by atoms with Crippen LogP contribution in [0, 0.1) is 0 Å². The van der Waals surface area contributed by atoms with E-state index < -0.39 is 0 Å². The number of carbonyl (C=O) groups is 1. The molecular weight excluding hydrogens is 354 g/mol. The van der Waals surface area contributed by atoms with Crippen molar-refractivity contribution < 1.29 is 4.79 Å². The second-order valence-corrected chi connectivity index (χ2v) is 7.87. The lowest BCUT2D eigenvalue weighted by Crippen LogP contribution is -2.42. The molecule has 0 bridgehead atoms. The fourth-order valence-electron chi connectivity index (χ4n) is 3.61. The first-order chi connectivity index (χ1) is 13.2. The van der Waals surface area contributed by atoms with Gasteiger partial charge in [-0.25, -0.2) is 0 Å². The summed E-state index contributed by atoms with van der Waals surface area (Å²) >= 11 is 1.76. The summed E-state index contributed by atoms with van der Waals surface area (Å²) < 4.78 is 0. The van der Waals surface area contributed by atoms with Crippen LogP contribution in [0.5, 0.6) is 0 Å². The van der Waals surface area contributed by atoms with Crippen molar-refractivity contribution in [1.82, 2.24) is 15.5 Å². The molecule has 2 aromatic carbocycles. The van der Waals surface area contributed by atoms with Crippen LogP contribution in [-0.2, 0) is 17.9 Å². The Morgan fingerprint density at radius 1 is 1.11 bits per heavy atom. The minimum atomic E-state index is -0.0680. The highest BCUT2D eigenvalue weighted by Crippen LogP contribution is 2.22. The second-order valence-electron chi connectivity index (χ2n) is 6.99. The highest BCUT2D eigenvalue weighted by atomic mass is 32.2. The third kappa shape index (κ3) is 5.58. The third-order valence-corrected chi connectivity index (χ3v) is 5.78. The fraction of sp³-hybridized carbons (Fsp3) is 0.409. The highest BCUT2D eigenvalue weighted by Gasteiger charge is 2.36. The first-order valence-corrected chi connectivity index (χ1v) is 10.8. The van der Waals surface area contributed by atoms with Crippen LogP contribution in [0.25, 0.3) is 0 Å². The van der Waals surface area contributed by atoms with Crippen LogP contribution in [0.3, 0.4) is 0 Å². The highest BCUT2D eigenvalue weighted by molar-refractivity contribution is 7.98. The SMILES string of the molecule is CCNC(=O)[C@@H]1C[C@H](NCc2ccc(SC)cc2)CN1Cc1ccccc1. The van der Waals surface area contributed by atoms with Crippen LogP contribution in [0.1, 0.15) is 24.5 Å². The predicted octanol–water partition coefficient (Wildman–Crippen LogP) is 3.28. The van der Waals surface area contributed by atoms with Gasteiger partial charge in [0.1, 0.15) is 0 Å². The summed E-state index contributed by atoms with van der Waals surface area (Å²) in [6, 6.07) is 19.3. The maximum absolute atomic E-state index is 12.6. The zero-order valence-corrected chi connectivity index (χ0v) is 17.0. The Labute approximate surface area is 166 Å². The Hall–Kier alpha value is -1.82. The van der Waals surface area contributed by atoms with Crippen LogP contribution < -0.4 is 10.6 Å². The average Bonchev–Trinajstić information content (AvgIpc) is 3.10. The standard InChI is InChI=1S/C22H29N3OS/c1-3-23-22(26)21-13-19(16-25(21)15-18-7-5-4-6-8-18)24-14-17-9-11-20(27-2)12-10-17/h4-12,19,21,24H,3,13-16H2,1-2H3,(H,23,26)/t19-,21-/m0/s1. The third-order valence-electron chi connectivity index (χ3n) is 5.04. The van der Waals surface area contributed by atoms with E-state index in [1.165, 1.54) is 16.0 Å². The molecule has 0 spiro atoms. The van der Waals surface area contributed by atoms with Crippen molar-refractivity contribution in [2.45, 2.75) is 43.4 Å². The van der Waals surface area contributed by atoms with Crippen LogP contribution in [0.4, 0.5) is 0 Å². The Morgan fingerprint density at radius 3 is 2.52 bits per heavy atom. The number of carbonyl (C=O) groups excluding carboxylic acids is 1. The van der Waals surface area contributed by atoms with Crippen molar-refractivity contribution in [3.63, 3.8) is 0 Å². The lowest BCUT2D eigenvalue weighted by molar-refractivity contribution is -0.125. The molecule has 1 aliphatic heterocycles. The van der Waals surface area contributed by atoms with Gasteiger partial charge < -0.3 is 10.6 Å². The van der Waals surface area contributed by atoms with Gasteiger partial charge in [0.15, 0.2) is 0 Å². The number of nitrogens with one attached hydrogen (secondary N) is 2. The quantitative estimate of drug-likeness (QED) is 0.687. The van der Waals surface area contributed by atoms with Gasteiger partial charge in [0, 0.05) is 37.1 Å². The van der Waals surface area contributed by atoms with E-state index in [9.17, 15) is 4.79 Å². The molecule has 144 valence electrons. The summed E-state index contributed by atoms with van der Waals surface area (Å²) in [5, 5.41) is 6.65. The van der Waals surface area contributed by atoms with Crippen molar-refractivity contribution in [3.05, 3.63) is 65.7 Å². The molecule has 0 aliphatic carbocycles. The topological polar surface area (TPSA) is 44.4 Å². The van der Waals surface area contributed by atoms with Crippen LogP contribution in [-0.4, -0.2) is 42.2 Å². The van der Waals surface area contributed by atoms with Crippen LogP contribution >= 0.6 is 11.8 Å². The molecule has 2 aromatic rings. The number of nitrogens with zero attached hydrogens (tertiary/aromatic N) is 1. The maximum Gasteiger partial charge on any atom is 0.237 e. The molecule has 27 heavy (non-hydrogen) atoms. The van der Waals surface area contributed by atoms with E-state index in [0.29, 0.717) is 12.6 Å². The van der Waals surface area contributed by atoms with Crippen molar-refractivity contribution in [2.75, 3.05) is 19.3 Å². The smallest absolute Gasteiger partial charge is 0.237 e. The molecule has 1 saturated heterocycles. The monoisotopic (exact) mass is 383 g/mol. The maximum atomic E-state index is 12.6. The number of likely N-dealkylation sites (tertiary alicyclic amines) is 1. The Morgan fingerprint density at radius 2 is 1.85 bits per heavy atom. The average molecular weight is 384 g/mol. The van der Waals surface area contributed by atoms with E-state index in [1.54, 1.807) is 11.8 Å². The molecule has 1 aliphatic rings. The number of rotatable bonds is 8. The molecular formula is C22H29N3OS. The van der Waals surface area contributed by atoms with E-state index in [1.807, 2.05) is 13.0 Å². The molecule has 5 heteroatoms. The van der Waals surface area contributed by atoms with E-state index in [2.05, 4.69) is 70.3 Å². The van der Waals surface area contributed by atoms with Gasteiger partial charge in [-0.2, -0.15) is 0 Å². The van der Waals surface area contributed by atoms with Gasteiger partial charge in [0.25, 0.3) is 0 Å². The molecule has 1 heterocycles. The largest absolute Gasteiger partial charge is 0.355 e. The van der Waals surface area contributed by atoms with E-state index in [0.717, 1.165) is 26.1 Å². The first-order valence-electron chi connectivity index (χ1n) is 9.61.